The number of amides is 1. The van der Waals surface area contributed by atoms with Gasteiger partial charge < -0.3 is 19.9 Å². The highest BCUT2D eigenvalue weighted by molar-refractivity contribution is 7.91. The number of phenolic OH excluding ortho intramolecular Hbond substituents is 1. The fraction of sp³-hybridized carbons (Fsp3) is 0.158. The Morgan fingerprint density at radius 1 is 1.17 bits per heavy atom. The van der Waals surface area contributed by atoms with Crippen LogP contribution < -0.4 is 14.8 Å². The molecule has 0 bridgehead atoms. The van der Waals surface area contributed by atoms with Crippen LogP contribution >= 0.6 is 0 Å². The minimum absolute atomic E-state index is 0.0104. The van der Waals surface area contributed by atoms with Crippen LogP contribution in [-0.2, 0) is 9.84 Å². The van der Waals surface area contributed by atoms with Crippen molar-refractivity contribution in [3.63, 3.8) is 0 Å². The Kier molecular flexibility index (Phi) is 4.63. The molecule has 2 heterocycles. The fourth-order valence-electron chi connectivity index (χ4n) is 2.81. The van der Waals surface area contributed by atoms with Crippen LogP contribution in [0.15, 0.2) is 47.4 Å². The predicted molar refractivity (Wildman–Crippen MR) is 104 cm³/mol. The number of carbonyl (C=O) groups excluding carboxylic acids is 1. The van der Waals surface area contributed by atoms with E-state index in [1.807, 2.05) is 0 Å². The summed E-state index contributed by atoms with van der Waals surface area (Å²) in [6, 6.07) is 10.6. The lowest BCUT2D eigenvalue weighted by molar-refractivity contribution is 0.102. The number of aromatic nitrogens is 2. The van der Waals surface area contributed by atoms with E-state index in [1.54, 1.807) is 18.2 Å². The van der Waals surface area contributed by atoms with Gasteiger partial charge in [0.2, 0.25) is 6.79 Å². The zero-order chi connectivity index (χ0) is 20.6. The number of H-pyrrole nitrogens is 1. The molecule has 3 N–H and O–H groups in total. The highest BCUT2D eigenvalue weighted by Gasteiger charge is 2.19. The van der Waals surface area contributed by atoms with Crippen LogP contribution in [0.1, 0.15) is 17.4 Å². The number of anilines is 1. The Bertz CT molecular complexity index is 1200. The second-order valence-corrected chi connectivity index (χ2v) is 8.55. The van der Waals surface area contributed by atoms with Gasteiger partial charge in [-0.3, -0.25) is 9.89 Å². The molecule has 0 fully saturated rings. The van der Waals surface area contributed by atoms with Crippen molar-refractivity contribution in [2.24, 2.45) is 0 Å². The number of aromatic hydroxyl groups is 1. The Balaban J connectivity index is 1.57. The molecule has 0 aliphatic carbocycles. The number of sulfone groups is 1. The molecular weight excluding hydrogens is 398 g/mol. The molecule has 4 rings (SSSR count). The molecule has 29 heavy (non-hydrogen) atoms. The lowest BCUT2D eigenvalue weighted by Crippen LogP contribution is -2.13. The Morgan fingerprint density at radius 3 is 2.76 bits per heavy atom. The Labute approximate surface area is 166 Å². The number of aromatic amines is 1. The van der Waals surface area contributed by atoms with Crippen molar-refractivity contribution >= 4 is 21.4 Å². The van der Waals surface area contributed by atoms with E-state index in [4.69, 9.17) is 9.47 Å². The normalized spacial score (nSPS) is 12.7. The molecule has 2 aromatic carbocycles. The molecule has 0 saturated heterocycles. The summed E-state index contributed by atoms with van der Waals surface area (Å²) in [5.74, 6) is 0.315. The molecule has 1 aliphatic rings. The monoisotopic (exact) mass is 415 g/mol. The Hall–Kier alpha value is -3.53. The number of nitrogens with zero attached hydrogens (tertiary/aromatic N) is 1. The van der Waals surface area contributed by atoms with Gasteiger partial charge in [-0.2, -0.15) is 5.10 Å². The molecule has 9 nitrogen and oxygen atoms in total. The van der Waals surface area contributed by atoms with Gasteiger partial charge in [0.05, 0.1) is 22.0 Å². The molecular formula is C19H17N3O6S. The quantitative estimate of drug-likeness (QED) is 0.546. The summed E-state index contributed by atoms with van der Waals surface area (Å²) in [4.78, 5) is 12.6. The highest BCUT2D eigenvalue weighted by atomic mass is 32.2. The van der Waals surface area contributed by atoms with E-state index in [1.165, 1.54) is 31.2 Å². The molecule has 0 spiro atoms. The lowest BCUT2D eigenvalue weighted by atomic mass is 10.1. The maximum absolute atomic E-state index is 12.5. The number of carbonyl (C=O) groups is 1. The van der Waals surface area contributed by atoms with E-state index >= 15 is 0 Å². The van der Waals surface area contributed by atoms with Crippen LogP contribution in [0.2, 0.25) is 0 Å². The summed E-state index contributed by atoms with van der Waals surface area (Å²) in [5.41, 5.74) is 1.37. The highest BCUT2D eigenvalue weighted by Crippen LogP contribution is 2.35. The number of benzene rings is 2. The predicted octanol–water partition coefficient (Wildman–Crippen LogP) is 2.56. The van der Waals surface area contributed by atoms with E-state index in [-0.39, 0.29) is 34.6 Å². The summed E-state index contributed by atoms with van der Waals surface area (Å²) in [5, 5.41) is 19.2. The third kappa shape index (κ3) is 3.61. The average Bonchev–Trinajstić information content (AvgIpc) is 3.38. The summed E-state index contributed by atoms with van der Waals surface area (Å²) in [6.45, 7) is 1.67. The van der Waals surface area contributed by atoms with Crippen molar-refractivity contribution in [3.8, 4) is 28.5 Å². The van der Waals surface area contributed by atoms with Gasteiger partial charge in [-0.15, -0.1) is 0 Å². The zero-order valence-corrected chi connectivity index (χ0v) is 16.1. The minimum Gasteiger partial charge on any atom is -0.506 e. The first-order valence-corrected chi connectivity index (χ1v) is 10.3. The van der Waals surface area contributed by atoms with Gasteiger partial charge in [-0.1, -0.05) is 6.92 Å². The van der Waals surface area contributed by atoms with Crippen molar-refractivity contribution in [1.82, 2.24) is 10.2 Å². The van der Waals surface area contributed by atoms with Gasteiger partial charge >= 0.3 is 0 Å². The summed E-state index contributed by atoms with van der Waals surface area (Å²) in [6.07, 6.45) is 0. The number of hydrogen-bond donors (Lipinski definition) is 3. The molecule has 1 amide bonds. The Morgan fingerprint density at radius 2 is 1.97 bits per heavy atom. The summed E-state index contributed by atoms with van der Waals surface area (Å²) >= 11 is 0. The standard InChI is InChI=1S/C19H17N3O6S/c1-2-29(25,26)12-4-5-16(23)14(8-12)20-19(24)15-9-13(21-22-15)11-3-6-17-18(7-11)28-10-27-17/h3-9,23H,2,10H2,1H3,(H,20,24)(H,21,22). The second-order valence-electron chi connectivity index (χ2n) is 6.27. The van der Waals surface area contributed by atoms with Crippen LogP contribution in [-0.4, -0.2) is 42.2 Å². The van der Waals surface area contributed by atoms with E-state index in [0.717, 1.165) is 5.56 Å². The summed E-state index contributed by atoms with van der Waals surface area (Å²) in [7, 11) is -3.48. The molecule has 1 aromatic heterocycles. The third-order valence-corrected chi connectivity index (χ3v) is 6.18. The molecule has 150 valence electrons. The molecule has 0 radical (unpaired) electrons. The number of rotatable bonds is 5. The maximum atomic E-state index is 12.5. The molecule has 0 unspecified atom stereocenters. The second kappa shape index (κ2) is 7.13. The first-order valence-electron chi connectivity index (χ1n) is 8.70. The fourth-order valence-corrected chi connectivity index (χ4v) is 3.71. The van der Waals surface area contributed by atoms with Crippen molar-refractivity contribution in [2.45, 2.75) is 11.8 Å². The van der Waals surface area contributed by atoms with E-state index in [9.17, 15) is 18.3 Å². The van der Waals surface area contributed by atoms with Gasteiger partial charge in [0, 0.05) is 5.56 Å². The number of phenols is 1. The van der Waals surface area contributed by atoms with Crippen LogP contribution in [0.3, 0.4) is 0 Å². The van der Waals surface area contributed by atoms with Crippen molar-refractivity contribution in [1.29, 1.82) is 0 Å². The number of fused-ring (bicyclic) bond motifs is 1. The first kappa shape index (κ1) is 18.8. The van der Waals surface area contributed by atoms with E-state index < -0.39 is 15.7 Å². The maximum Gasteiger partial charge on any atom is 0.273 e. The van der Waals surface area contributed by atoms with Gasteiger partial charge in [-0.05, 0) is 42.5 Å². The number of nitrogens with one attached hydrogen (secondary N) is 2. The largest absolute Gasteiger partial charge is 0.506 e. The van der Waals surface area contributed by atoms with Crippen LogP contribution in [0, 0.1) is 0 Å². The minimum atomic E-state index is -3.48. The molecule has 10 heteroatoms. The third-order valence-electron chi connectivity index (χ3n) is 4.45. The number of hydrogen-bond acceptors (Lipinski definition) is 7. The van der Waals surface area contributed by atoms with Gasteiger partial charge in [0.15, 0.2) is 21.3 Å². The van der Waals surface area contributed by atoms with Crippen LogP contribution in [0.4, 0.5) is 5.69 Å². The van der Waals surface area contributed by atoms with Crippen LogP contribution in [0.25, 0.3) is 11.3 Å². The lowest BCUT2D eigenvalue weighted by Gasteiger charge is -2.09. The smallest absolute Gasteiger partial charge is 0.273 e. The molecule has 1 aliphatic heterocycles. The van der Waals surface area contributed by atoms with Crippen molar-refractivity contribution < 1.29 is 27.8 Å². The number of ether oxygens (including phenoxy) is 2. The van der Waals surface area contributed by atoms with E-state index in [0.29, 0.717) is 17.2 Å². The van der Waals surface area contributed by atoms with Crippen molar-refractivity contribution in [2.75, 3.05) is 17.9 Å². The zero-order valence-electron chi connectivity index (χ0n) is 15.3. The van der Waals surface area contributed by atoms with Gasteiger partial charge in [-0.25, -0.2) is 8.42 Å². The summed E-state index contributed by atoms with van der Waals surface area (Å²) < 4.78 is 34.7. The van der Waals surface area contributed by atoms with Crippen molar-refractivity contribution in [3.05, 3.63) is 48.2 Å². The van der Waals surface area contributed by atoms with Crippen LogP contribution in [0.5, 0.6) is 17.2 Å². The van der Waals surface area contributed by atoms with E-state index in [2.05, 4.69) is 15.5 Å². The SMILES string of the molecule is CCS(=O)(=O)c1ccc(O)c(NC(=O)c2cc(-c3ccc4c(c3)OCO4)n[nH]2)c1. The average molecular weight is 415 g/mol. The van der Waals surface area contributed by atoms with Gasteiger partial charge in [0.1, 0.15) is 11.4 Å². The van der Waals surface area contributed by atoms with Gasteiger partial charge in [0.25, 0.3) is 5.91 Å². The molecule has 0 atom stereocenters. The molecule has 3 aromatic rings. The topological polar surface area (TPSA) is 131 Å². The first-order chi connectivity index (χ1) is 13.9. The molecule has 0 saturated carbocycles.